The maximum absolute atomic E-state index is 5.28. The normalized spacial score (nSPS) is 10.0. The van der Waals surface area contributed by atoms with Crippen molar-refractivity contribution in [1.82, 2.24) is 5.01 Å². The molecule has 4 heteroatoms. The van der Waals surface area contributed by atoms with E-state index in [-0.39, 0.29) is 0 Å². The average molecular weight is 145 g/mol. The summed E-state index contributed by atoms with van der Waals surface area (Å²) in [5, 5.41) is 5.75. The Balaban J connectivity index is 3.83. The highest BCUT2D eigenvalue weighted by Crippen LogP contribution is 1.85. The fourth-order valence-corrected chi connectivity index (χ4v) is 0.610. The van der Waals surface area contributed by atoms with Crippen LogP contribution in [0.3, 0.4) is 0 Å². The zero-order valence-corrected chi connectivity index (χ0v) is 6.48. The molecule has 0 saturated heterocycles. The van der Waals surface area contributed by atoms with Gasteiger partial charge < -0.3 is 5.73 Å². The fraction of sp³-hybridized carbons (Fsp3) is 0.600. The van der Waals surface area contributed by atoms with Gasteiger partial charge in [0, 0.05) is 12.8 Å². The van der Waals surface area contributed by atoms with E-state index in [1.54, 1.807) is 11.2 Å². The molecule has 0 spiro atoms. The van der Waals surface area contributed by atoms with E-state index >= 15 is 0 Å². The van der Waals surface area contributed by atoms with Crippen molar-refractivity contribution < 1.29 is 0 Å². The summed E-state index contributed by atoms with van der Waals surface area (Å²) in [6.45, 7) is 4.48. The van der Waals surface area contributed by atoms with Gasteiger partial charge >= 0.3 is 0 Å². The molecule has 0 aliphatic heterocycles. The maximum atomic E-state index is 5.28. The summed E-state index contributed by atoms with van der Waals surface area (Å²) in [5.41, 5.74) is 5.28. The topological polar surface area (TPSA) is 41.6 Å². The lowest BCUT2D eigenvalue weighted by Gasteiger charge is -2.12. The quantitative estimate of drug-likeness (QED) is 0.350. The highest BCUT2D eigenvalue weighted by atomic mass is 32.1. The van der Waals surface area contributed by atoms with Gasteiger partial charge in [0.2, 0.25) is 0 Å². The molecule has 3 nitrogen and oxygen atoms in total. The predicted molar refractivity (Wildman–Crippen MR) is 43.3 cm³/mol. The van der Waals surface area contributed by atoms with Crippen molar-refractivity contribution in [3.8, 4) is 0 Å². The smallest absolute Gasteiger partial charge is 0.186 e. The van der Waals surface area contributed by atoms with Crippen LogP contribution in [-0.2, 0) is 0 Å². The Labute approximate surface area is 60.5 Å². The molecular weight excluding hydrogens is 134 g/mol. The number of thiocarbonyl (C=S) groups is 1. The molecule has 0 rings (SSSR count). The zero-order valence-electron chi connectivity index (χ0n) is 5.66. The van der Waals surface area contributed by atoms with Gasteiger partial charge in [-0.1, -0.05) is 0 Å². The van der Waals surface area contributed by atoms with E-state index in [1.165, 1.54) is 0 Å². The molecule has 0 bridgehead atoms. The third-order valence-corrected chi connectivity index (χ3v) is 1.02. The summed E-state index contributed by atoms with van der Waals surface area (Å²) in [6.07, 6.45) is 1.66. The van der Waals surface area contributed by atoms with E-state index in [0.29, 0.717) is 5.11 Å². The van der Waals surface area contributed by atoms with Crippen LogP contribution in [-0.4, -0.2) is 22.9 Å². The van der Waals surface area contributed by atoms with E-state index in [9.17, 15) is 0 Å². The number of rotatable bonds is 2. The summed E-state index contributed by atoms with van der Waals surface area (Å²) < 4.78 is 0. The van der Waals surface area contributed by atoms with Crippen LogP contribution in [0.15, 0.2) is 5.10 Å². The van der Waals surface area contributed by atoms with Crippen LogP contribution < -0.4 is 5.73 Å². The lowest BCUT2D eigenvalue weighted by Crippen LogP contribution is -2.30. The number of nitrogens with zero attached hydrogens (tertiary/aromatic N) is 2. The monoisotopic (exact) mass is 145 g/mol. The molecule has 0 amide bonds. The Hall–Kier alpha value is -0.640. The van der Waals surface area contributed by atoms with Crippen molar-refractivity contribution >= 4 is 23.5 Å². The summed E-state index contributed by atoms with van der Waals surface area (Å²) >= 11 is 4.67. The molecule has 52 valence electrons. The number of hydrazone groups is 1. The molecule has 0 aromatic heterocycles. The summed E-state index contributed by atoms with van der Waals surface area (Å²) in [6, 6.07) is 0. The van der Waals surface area contributed by atoms with Crippen molar-refractivity contribution in [3.05, 3.63) is 0 Å². The van der Waals surface area contributed by atoms with Crippen LogP contribution in [0.25, 0.3) is 0 Å². The van der Waals surface area contributed by atoms with Crippen LogP contribution in [0.1, 0.15) is 13.8 Å². The molecule has 0 unspecified atom stereocenters. The van der Waals surface area contributed by atoms with Crippen molar-refractivity contribution in [3.63, 3.8) is 0 Å². The van der Waals surface area contributed by atoms with E-state index in [4.69, 9.17) is 5.73 Å². The Morgan fingerprint density at radius 3 is 2.56 bits per heavy atom. The number of hydrogen-bond donors (Lipinski definition) is 1. The Morgan fingerprint density at radius 1 is 1.89 bits per heavy atom. The van der Waals surface area contributed by atoms with Gasteiger partial charge in [-0.15, -0.1) is 0 Å². The largest absolute Gasteiger partial charge is 0.375 e. The standard InChI is InChI=1S/C5H11N3S/c1-3-7-8(4-2)5(6)9/h3H,4H2,1-2H3,(H2,6,9). The minimum absolute atomic E-state index is 0.315. The van der Waals surface area contributed by atoms with Crippen LogP contribution in [0.4, 0.5) is 0 Å². The van der Waals surface area contributed by atoms with Crippen molar-refractivity contribution in [2.75, 3.05) is 6.54 Å². The van der Waals surface area contributed by atoms with Crippen molar-refractivity contribution in [2.45, 2.75) is 13.8 Å². The first kappa shape index (κ1) is 8.36. The molecule has 0 heterocycles. The van der Waals surface area contributed by atoms with Gasteiger partial charge in [-0.2, -0.15) is 5.10 Å². The van der Waals surface area contributed by atoms with Crippen LogP contribution in [0.5, 0.6) is 0 Å². The summed E-state index contributed by atoms with van der Waals surface area (Å²) in [4.78, 5) is 0. The lowest BCUT2D eigenvalue weighted by atomic mass is 10.7. The van der Waals surface area contributed by atoms with E-state index < -0.39 is 0 Å². The second-order valence-electron chi connectivity index (χ2n) is 1.43. The van der Waals surface area contributed by atoms with E-state index in [0.717, 1.165) is 6.54 Å². The molecule has 0 aliphatic rings. The second-order valence-corrected chi connectivity index (χ2v) is 1.85. The number of hydrogen-bond acceptors (Lipinski definition) is 2. The molecule has 0 aromatic carbocycles. The molecule has 0 fully saturated rings. The van der Waals surface area contributed by atoms with Gasteiger partial charge in [0.05, 0.1) is 0 Å². The van der Waals surface area contributed by atoms with Gasteiger partial charge in [-0.3, -0.25) is 0 Å². The third kappa shape index (κ3) is 3.03. The highest BCUT2D eigenvalue weighted by Gasteiger charge is 1.96. The predicted octanol–water partition coefficient (Wildman–Crippen LogP) is 0.558. The first-order chi connectivity index (χ1) is 4.22. The van der Waals surface area contributed by atoms with Crippen LogP contribution in [0.2, 0.25) is 0 Å². The Morgan fingerprint density at radius 2 is 2.44 bits per heavy atom. The molecule has 0 aromatic rings. The van der Waals surface area contributed by atoms with E-state index in [1.807, 2.05) is 13.8 Å². The van der Waals surface area contributed by atoms with Gasteiger partial charge in [-0.25, -0.2) is 5.01 Å². The summed E-state index contributed by atoms with van der Waals surface area (Å²) in [5.74, 6) is 0. The minimum Gasteiger partial charge on any atom is -0.375 e. The molecule has 9 heavy (non-hydrogen) atoms. The first-order valence-corrected chi connectivity index (χ1v) is 3.18. The molecule has 0 aliphatic carbocycles. The van der Waals surface area contributed by atoms with E-state index in [2.05, 4.69) is 17.3 Å². The molecule has 2 N–H and O–H groups in total. The van der Waals surface area contributed by atoms with Crippen LogP contribution in [0, 0.1) is 0 Å². The Kier molecular flexibility index (Phi) is 3.96. The molecule has 0 atom stereocenters. The van der Waals surface area contributed by atoms with Crippen molar-refractivity contribution in [1.29, 1.82) is 0 Å². The molecular formula is C5H11N3S. The van der Waals surface area contributed by atoms with Crippen molar-refractivity contribution in [2.24, 2.45) is 10.8 Å². The lowest BCUT2D eigenvalue weighted by molar-refractivity contribution is 0.476. The molecule has 0 saturated carbocycles. The first-order valence-electron chi connectivity index (χ1n) is 2.78. The Bertz CT molecular complexity index is 121. The van der Waals surface area contributed by atoms with Crippen LogP contribution >= 0.6 is 12.2 Å². The number of nitrogens with two attached hydrogens (primary N) is 1. The zero-order chi connectivity index (χ0) is 7.28. The van der Waals surface area contributed by atoms with Gasteiger partial charge in [0.15, 0.2) is 5.11 Å². The SMILES string of the molecule is CC=NN(CC)C(N)=S. The molecule has 0 radical (unpaired) electrons. The maximum Gasteiger partial charge on any atom is 0.186 e. The minimum atomic E-state index is 0.315. The fourth-order valence-electron chi connectivity index (χ4n) is 0.434. The second kappa shape index (κ2) is 4.26. The van der Waals surface area contributed by atoms with Gasteiger partial charge in [0.25, 0.3) is 0 Å². The van der Waals surface area contributed by atoms with Gasteiger partial charge in [-0.05, 0) is 26.1 Å². The van der Waals surface area contributed by atoms with Gasteiger partial charge in [0.1, 0.15) is 0 Å². The summed E-state index contributed by atoms with van der Waals surface area (Å²) in [7, 11) is 0. The highest BCUT2D eigenvalue weighted by molar-refractivity contribution is 7.80. The third-order valence-electron chi connectivity index (χ3n) is 0.809. The average Bonchev–Trinajstić information content (AvgIpc) is 1.82.